The van der Waals surface area contributed by atoms with E-state index in [-0.39, 0.29) is 48.7 Å². The molecule has 0 saturated heterocycles. The summed E-state index contributed by atoms with van der Waals surface area (Å²) >= 11 is 0. The van der Waals surface area contributed by atoms with Crippen LogP contribution in [-0.2, 0) is 38.5 Å². The van der Waals surface area contributed by atoms with E-state index in [2.05, 4.69) is 34.3 Å². The molecule has 0 saturated carbocycles. The Morgan fingerprint density at radius 3 is 0.923 bits per heavy atom. The highest BCUT2D eigenvalue weighted by atomic mass is 16.3. The molecule has 0 spiro atoms. The lowest BCUT2D eigenvalue weighted by atomic mass is 9.91. The van der Waals surface area contributed by atoms with E-state index in [4.69, 9.17) is 0 Å². The van der Waals surface area contributed by atoms with Crippen LogP contribution < -0.4 is 0 Å². The minimum absolute atomic E-state index is 0.0650. The van der Waals surface area contributed by atoms with Crippen molar-refractivity contribution in [3.63, 3.8) is 0 Å². The molecule has 8 heteroatoms. The molecule has 0 aliphatic heterocycles. The molecule has 6 aromatic rings. The number of aromatic hydroxyl groups is 4. The van der Waals surface area contributed by atoms with Gasteiger partial charge in [0.15, 0.2) is 0 Å². The number of hydrogen-bond donors (Lipinski definition) is 4. The minimum atomic E-state index is 0.0650. The van der Waals surface area contributed by atoms with Gasteiger partial charge in [-0.1, -0.05) is 74.5 Å². The highest BCUT2D eigenvalue weighted by molar-refractivity contribution is 5.60. The highest BCUT2D eigenvalue weighted by Gasteiger charge is 2.20. The van der Waals surface area contributed by atoms with Crippen LogP contribution in [0.4, 0.5) is 22.7 Å². The molecule has 0 aromatic heterocycles. The minimum Gasteiger partial charge on any atom is -0.507 e. The van der Waals surface area contributed by atoms with Gasteiger partial charge in [-0.05, 0) is 94.8 Å². The lowest BCUT2D eigenvalue weighted by molar-refractivity contribution is 0.450. The Morgan fingerprint density at radius 2 is 0.635 bits per heavy atom. The average Bonchev–Trinajstić information content (AvgIpc) is 3.16. The Morgan fingerprint density at radius 1 is 0.365 bits per heavy atom. The zero-order valence-corrected chi connectivity index (χ0v) is 29.2. The smallest absolute Gasteiger partial charge is 0.122 e. The molecule has 0 unspecified atom stereocenters. The van der Waals surface area contributed by atoms with Crippen LogP contribution in [0.2, 0.25) is 0 Å². The Balaban J connectivity index is 1.33. The molecule has 0 atom stereocenters. The molecule has 52 heavy (non-hydrogen) atoms. The third-order valence-electron chi connectivity index (χ3n) is 9.69. The van der Waals surface area contributed by atoms with Crippen molar-refractivity contribution in [1.82, 2.24) is 0 Å². The standard InChI is InChI=1S/C44H40N4O4/c1-3-27-11-15-37(16-12-27)45-47-39-23-33-19-29-7-5-9-31(41(29)49)21-35-25-40(48-46-38-17-13-28(4-2)14-18-38)26-36(44(35)52)22-32-10-6-8-30(42(32)50)20-34(24-39)43(33)51/h5-18,23-26,49-52H,3-4,19-22H2,1-2H3. The molecule has 8 bridgehead atoms. The molecule has 0 fully saturated rings. The van der Waals surface area contributed by atoms with E-state index in [0.717, 1.165) is 12.8 Å². The normalized spacial score (nSPS) is 12.8. The monoisotopic (exact) mass is 688 g/mol. The van der Waals surface area contributed by atoms with Crippen LogP contribution in [0, 0.1) is 0 Å². The molecule has 8 nitrogen and oxygen atoms in total. The van der Waals surface area contributed by atoms with E-state index >= 15 is 0 Å². The van der Waals surface area contributed by atoms with Gasteiger partial charge >= 0.3 is 0 Å². The number of rotatable bonds is 6. The van der Waals surface area contributed by atoms with Gasteiger partial charge in [-0.25, -0.2) is 0 Å². The lowest BCUT2D eigenvalue weighted by Crippen LogP contribution is -2.00. The summed E-state index contributed by atoms with van der Waals surface area (Å²) in [4.78, 5) is 0. The second kappa shape index (κ2) is 14.9. The van der Waals surface area contributed by atoms with Crippen molar-refractivity contribution < 1.29 is 20.4 Å². The van der Waals surface area contributed by atoms with Gasteiger partial charge in [-0.3, -0.25) is 0 Å². The molecule has 0 radical (unpaired) electrons. The van der Waals surface area contributed by atoms with E-state index < -0.39 is 0 Å². The second-order valence-corrected chi connectivity index (χ2v) is 13.2. The van der Waals surface area contributed by atoms with E-state index in [1.165, 1.54) is 11.1 Å². The molecular weight excluding hydrogens is 649 g/mol. The van der Waals surface area contributed by atoms with Gasteiger partial charge in [0, 0.05) is 47.9 Å². The van der Waals surface area contributed by atoms with Crippen LogP contribution in [0.25, 0.3) is 0 Å². The summed E-state index contributed by atoms with van der Waals surface area (Å²) in [6.07, 6.45) is 2.70. The summed E-state index contributed by atoms with van der Waals surface area (Å²) in [6.45, 7) is 4.20. The topological polar surface area (TPSA) is 130 Å². The SMILES string of the molecule is CCc1ccc(N=Nc2cc3c(O)c(c2)Cc2cccc(c2O)Cc2cc(N=Nc4ccc(CC)cc4)cc(c2O)Cc2cccc(c2O)C3)cc1. The molecule has 1 aliphatic carbocycles. The zero-order chi connectivity index (χ0) is 36.2. The molecule has 7 rings (SSSR count). The summed E-state index contributed by atoms with van der Waals surface area (Å²) in [5.41, 5.74) is 9.55. The van der Waals surface area contributed by atoms with Gasteiger partial charge in [-0.15, -0.1) is 0 Å². The maximum atomic E-state index is 11.6. The fraction of sp³-hybridized carbons (Fsp3) is 0.182. The Labute approximate surface area is 303 Å². The first-order valence-electron chi connectivity index (χ1n) is 17.6. The average molecular weight is 689 g/mol. The summed E-state index contributed by atoms with van der Waals surface area (Å²) < 4.78 is 0. The van der Waals surface area contributed by atoms with E-state index in [1.807, 2.05) is 84.9 Å². The first-order valence-corrected chi connectivity index (χ1v) is 17.6. The predicted octanol–water partition coefficient (Wildman–Crippen LogP) is 11.1. The van der Waals surface area contributed by atoms with Gasteiger partial charge in [0.2, 0.25) is 0 Å². The lowest BCUT2D eigenvalue weighted by Gasteiger charge is -2.17. The third kappa shape index (κ3) is 7.42. The second-order valence-electron chi connectivity index (χ2n) is 13.2. The molecular formula is C44H40N4O4. The number of benzene rings is 6. The van der Waals surface area contributed by atoms with Crippen LogP contribution in [0.1, 0.15) is 69.5 Å². The highest BCUT2D eigenvalue weighted by Crippen LogP contribution is 2.40. The Hall–Kier alpha value is -6.28. The third-order valence-corrected chi connectivity index (χ3v) is 9.69. The van der Waals surface area contributed by atoms with Crippen molar-refractivity contribution in [2.45, 2.75) is 52.4 Å². The predicted molar refractivity (Wildman–Crippen MR) is 204 cm³/mol. The molecule has 260 valence electrons. The number of para-hydroxylation sites is 2. The fourth-order valence-electron chi connectivity index (χ4n) is 6.65. The largest absolute Gasteiger partial charge is 0.507 e. The number of hydrogen-bond acceptors (Lipinski definition) is 8. The first kappa shape index (κ1) is 34.2. The van der Waals surface area contributed by atoms with E-state index in [1.54, 1.807) is 24.3 Å². The summed E-state index contributed by atoms with van der Waals surface area (Å²) in [5.74, 6) is 0.279. The van der Waals surface area contributed by atoms with Gasteiger partial charge in [-0.2, -0.15) is 20.5 Å². The maximum Gasteiger partial charge on any atom is 0.122 e. The van der Waals surface area contributed by atoms with Crippen molar-refractivity contribution in [1.29, 1.82) is 0 Å². The van der Waals surface area contributed by atoms with Gasteiger partial charge < -0.3 is 20.4 Å². The number of fused-ring (bicyclic) bond motifs is 8. The van der Waals surface area contributed by atoms with Crippen molar-refractivity contribution in [2.24, 2.45) is 20.5 Å². The van der Waals surface area contributed by atoms with Crippen LogP contribution in [0.3, 0.4) is 0 Å². The van der Waals surface area contributed by atoms with Gasteiger partial charge in [0.05, 0.1) is 22.7 Å². The maximum absolute atomic E-state index is 11.6. The number of azo groups is 2. The van der Waals surface area contributed by atoms with Crippen LogP contribution in [0.5, 0.6) is 23.0 Å². The summed E-state index contributed by atoms with van der Waals surface area (Å²) in [6, 6.07) is 33.9. The Kier molecular flexibility index (Phi) is 9.80. The number of aryl methyl sites for hydroxylation is 2. The van der Waals surface area contributed by atoms with E-state index in [0.29, 0.717) is 67.3 Å². The molecule has 1 aliphatic rings. The van der Waals surface area contributed by atoms with Crippen molar-refractivity contribution >= 4 is 22.7 Å². The summed E-state index contributed by atoms with van der Waals surface area (Å²) in [5, 5.41) is 64.4. The quantitative estimate of drug-likeness (QED) is 0.130. The van der Waals surface area contributed by atoms with Crippen LogP contribution >= 0.6 is 0 Å². The van der Waals surface area contributed by atoms with Gasteiger partial charge in [0.25, 0.3) is 0 Å². The fourth-order valence-corrected chi connectivity index (χ4v) is 6.65. The van der Waals surface area contributed by atoms with Crippen LogP contribution in [0.15, 0.2) is 130 Å². The summed E-state index contributed by atoms with van der Waals surface area (Å²) in [7, 11) is 0. The van der Waals surface area contributed by atoms with Crippen molar-refractivity contribution in [3.8, 4) is 23.0 Å². The molecule has 0 amide bonds. The molecule has 4 N–H and O–H groups in total. The number of phenols is 4. The van der Waals surface area contributed by atoms with Crippen molar-refractivity contribution in [3.05, 3.63) is 165 Å². The first-order chi connectivity index (χ1) is 25.3. The van der Waals surface area contributed by atoms with Gasteiger partial charge in [0.1, 0.15) is 23.0 Å². The number of nitrogens with zero attached hydrogens (tertiary/aromatic N) is 4. The van der Waals surface area contributed by atoms with Crippen molar-refractivity contribution in [2.75, 3.05) is 0 Å². The van der Waals surface area contributed by atoms with E-state index in [9.17, 15) is 20.4 Å². The molecule has 0 heterocycles. The zero-order valence-electron chi connectivity index (χ0n) is 29.2. The van der Waals surface area contributed by atoms with Crippen LogP contribution in [-0.4, -0.2) is 20.4 Å². The molecule has 6 aromatic carbocycles. The Bertz CT molecular complexity index is 2060. The number of phenolic OH excluding ortho intramolecular Hbond substituents is 4.